The Morgan fingerprint density at radius 1 is 1.28 bits per heavy atom. The standard InChI is InChI=1S/C15H23N3O.C4H8O2/c1-11(2)15(17)18-10-13(8-9-14(18)16)19-12-6-4-3-5-7-12;1-3-6-4(2)5/h8-12,16-17H,3-7H2,1-2H3;3H2,1-2H3. The zero-order valence-electron chi connectivity index (χ0n) is 15.8. The van der Waals surface area contributed by atoms with Crippen LogP contribution in [0.4, 0.5) is 0 Å². The van der Waals surface area contributed by atoms with Crippen molar-refractivity contribution in [3.05, 3.63) is 23.8 Å². The largest absolute Gasteiger partial charge is 0.489 e. The first-order valence-electron chi connectivity index (χ1n) is 9.01. The van der Waals surface area contributed by atoms with Crippen LogP contribution >= 0.6 is 0 Å². The van der Waals surface area contributed by atoms with Crippen LogP contribution in [0.1, 0.15) is 59.8 Å². The summed E-state index contributed by atoms with van der Waals surface area (Å²) in [6.45, 7) is 7.58. The van der Waals surface area contributed by atoms with Crippen LogP contribution in [0.5, 0.6) is 5.75 Å². The predicted octanol–water partition coefficient (Wildman–Crippen LogP) is 3.73. The van der Waals surface area contributed by atoms with Crippen LogP contribution in [0.2, 0.25) is 0 Å². The maximum atomic E-state index is 9.82. The normalized spacial score (nSPS) is 14.4. The smallest absolute Gasteiger partial charge is 0.302 e. The van der Waals surface area contributed by atoms with Crippen LogP contribution in [-0.2, 0) is 9.53 Å². The predicted molar refractivity (Wildman–Crippen MR) is 98.1 cm³/mol. The molecule has 2 rings (SSSR count). The summed E-state index contributed by atoms with van der Waals surface area (Å²) in [6.07, 6.45) is 8.09. The van der Waals surface area contributed by atoms with E-state index in [1.807, 2.05) is 19.9 Å². The summed E-state index contributed by atoms with van der Waals surface area (Å²) in [7, 11) is 0. The highest BCUT2D eigenvalue weighted by Crippen LogP contribution is 2.22. The topological polar surface area (TPSA) is 88.2 Å². The molecule has 0 aromatic carbocycles. The highest BCUT2D eigenvalue weighted by Gasteiger charge is 2.15. The van der Waals surface area contributed by atoms with E-state index in [1.54, 1.807) is 23.8 Å². The highest BCUT2D eigenvalue weighted by atomic mass is 16.5. The third-order valence-electron chi connectivity index (χ3n) is 3.93. The molecule has 0 bridgehead atoms. The van der Waals surface area contributed by atoms with Gasteiger partial charge in [0.25, 0.3) is 0 Å². The number of aromatic nitrogens is 1. The van der Waals surface area contributed by atoms with Crippen LogP contribution in [0.3, 0.4) is 0 Å². The SMILES string of the molecule is CC(C)C(=N)n1cc(OC2CCCCC2)ccc1=N.CCOC(C)=O. The first-order valence-corrected chi connectivity index (χ1v) is 9.01. The highest BCUT2D eigenvalue weighted by molar-refractivity contribution is 5.83. The third-order valence-corrected chi connectivity index (χ3v) is 3.93. The molecule has 0 aliphatic heterocycles. The Hall–Kier alpha value is -2.11. The van der Waals surface area contributed by atoms with E-state index in [0.29, 0.717) is 24.0 Å². The molecule has 6 nitrogen and oxygen atoms in total. The van der Waals surface area contributed by atoms with Crippen molar-refractivity contribution in [2.75, 3.05) is 6.61 Å². The van der Waals surface area contributed by atoms with Crippen molar-refractivity contribution in [2.24, 2.45) is 5.92 Å². The number of ether oxygens (including phenoxy) is 2. The van der Waals surface area contributed by atoms with Gasteiger partial charge in [0.1, 0.15) is 17.1 Å². The van der Waals surface area contributed by atoms with Gasteiger partial charge >= 0.3 is 5.97 Å². The minimum atomic E-state index is -0.211. The first kappa shape index (κ1) is 20.9. The summed E-state index contributed by atoms with van der Waals surface area (Å²) in [6, 6.07) is 3.54. The summed E-state index contributed by atoms with van der Waals surface area (Å²) >= 11 is 0. The number of carbonyl (C=O) groups is 1. The van der Waals surface area contributed by atoms with Crippen LogP contribution < -0.4 is 10.2 Å². The Bertz CT molecular complexity index is 617. The van der Waals surface area contributed by atoms with E-state index < -0.39 is 0 Å². The molecule has 6 heteroatoms. The van der Waals surface area contributed by atoms with E-state index in [1.165, 1.54) is 26.2 Å². The number of carbonyl (C=O) groups excluding carboxylic acids is 1. The lowest BCUT2D eigenvalue weighted by molar-refractivity contribution is -0.140. The number of esters is 1. The van der Waals surface area contributed by atoms with E-state index in [-0.39, 0.29) is 11.9 Å². The Labute approximate surface area is 150 Å². The molecule has 0 radical (unpaired) electrons. The van der Waals surface area contributed by atoms with Crippen molar-refractivity contribution in [1.82, 2.24) is 4.57 Å². The lowest BCUT2D eigenvalue weighted by atomic mass is 9.98. The summed E-state index contributed by atoms with van der Waals surface area (Å²) in [5.41, 5.74) is 0.328. The van der Waals surface area contributed by atoms with Gasteiger partial charge in [-0.15, -0.1) is 0 Å². The van der Waals surface area contributed by atoms with Gasteiger partial charge < -0.3 is 9.47 Å². The summed E-state index contributed by atoms with van der Waals surface area (Å²) in [5, 5.41) is 15.9. The van der Waals surface area contributed by atoms with Gasteiger partial charge in [0.05, 0.1) is 18.9 Å². The van der Waals surface area contributed by atoms with Crippen molar-refractivity contribution >= 4 is 11.8 Å². The number of pyridine rings is 1. The summed E-state index contributed by atoms with van der Waals surface area (Å²) in [5.74, 6) is 1.09. The van der Waals surface area contributed by atoms with Crippen molar-refractivity contribution < 1.29 is 14.3 Å². The molecule has 1 fully saturated rings. The number of rotatable bonds is 4. The van der Waals surface area contributed by atoms with Crippen LogP contribution in [0.25, 0.3) is 0 Å². The average Bonchev–Trinajstić information content (AvgIpc) is 2.57. The lowest BCUT2D eigenvalue weighted by Crippen LogP contribution is -2.29. The minimum absolute atomic E-state index is 0.0963. The molecule has 1 aliphatic rings. The van der Waals surface area contributed by atoms with Gasteiger partial charge in [-0.2, -0.15) is 0 Å². The minimum Gasteiger partial charge on any atom is -0.489 e. The van der Waals surface area contributed by atoms with Crippen molar-refractivity contribution in [3.63, 3.8) is 0 Å². The molecule has 0 saturated heterocycles. The fraction of sp³-hybridized carbons (Fsp3) is 0.632. The van der Waals surface area contributed by atoms with Gasteiger partial charge in [-0.1, -0.05) is 20.3 Å². The van der Waals surface area contributed by atoms with E-state index in [9.17, 15) is 4.79 Å². The number of hydrogen-bond acceptors (Lipinski definition) is 5. The Balaban J connectivity index is 0.000000450. The second-order valence-electron chi connectivity index (χ2n) is 6.46. The van der Waals surface area contributed by atoms with Crippen LogP contribution in [0.15, 0.2) is 18.3 Å². The van der Waals surface area contributed by atoms with Gasteiger partial charge in [-0.25, -0.2) is 0 Å². The second kappa shape index (κ2) is 10.7. The zero-order chi connectivity index (χ0) is 18.8. The molecule has 1 heterocycles. The van der Waals surface area contributed by atoms with E-state index >= 15 is 0 Å². The van der Waals surface area contributed by atoms with E-state index in [0.717, 1.165) is 18.6 Å². The molecule has 1 saturated carbocycles. The van der Waals surface area contributed by atoms with E-state index in [4.69, 9.17) is 15.6 Å². The van der Waals surface area contributed by atoms with E-state index in [2.05, 4.69) is 4.74 Å². The third kappa shape index (κ3) is 7.54. The fourth-order valence-electron chi connectivity index (χ4n) is 2.61. The van der Waals surface area contributed by atoms with Gasteiger partial charge in [0, 0.05) is 12.8 Å². The van der Waals surface area contributed by atoms with Gasteiger partial charge in [0.2, 0.25) is 0 Å². The monoisotopic (exact) mass is 349 g/mol. The Morgan fingerprint density at radius 3 is 2.40 bits per heavy atom. The number of nitrogens with zero attached hydrogens (tertiary/aromatic N) is 1. The Morgan fingerprint density at radius 2 is 1.92 bits per heavy atom. The molecule has 1 aliphatic carbocycles. The van der Waals surface area contributed by atoms with Gasteiger partial charge in [-0.05, 0) is 44.7 Å². The zero-order valence-corrected chi connectivity index (χ0v) is 15.8. The number of hydrogen-bond donors (Lipinski definition) is 2. The van der Waals surface area contributed by atoms with Crippen molar-refractivity contribution in [2.45, 2.75) is 65.9 Å². The molecule has 0 amide bonds. The molecule has 0 spiro atoms. The second-order valence-corrected chi connectivity index (χ2v) is 6.46. The summed E-state index contributed by atoms with van der Waals surface area (Å²) in [4.78, 5) is 9.82. The van der Waals surface area contributed by atoms with Gasteiger partial charge in [0.15, 0.2) is 0 Å². The Kier molecular flexibility index (Phi) is 8.95. The van der Waals surface area contributed by atoms with Crippen LogP contribution in [0, 0.1) is 16.7 Å². The molecule has 0 unspecified atom stereocenters. The quantitative estimate of drug-likeness (QED) is 0.493. The fourth-order valence-corrected chi connectivity index (χ4v) is 2.61. The van der Waals surface area contributed by atoms with Gasteiger partial charge in [-0.3, -0.25) is 20.2 Å². The molecule has 0 atom stereocenters. The molecule has 1 aromatic heterocycles. The lowest BCUT2D eigenvalue weighted by Gasteiger charge is -2.23. The molecular formula is C19H31N3O3. The average molecular weight is 349 g/mol. The first-order chi connectivity index (χ1) is 11.8. The molecular weight excluding hydrogens is 318 g/mol. The summed E-state index contributed by atoms with van der Waals surface area (Å²) < 4.78 is 12.0. The molecule has 1 aromatic rings. The molecule has 140 valence electrons. The molecule has 2 N–H and O–H groups in total. The van der Waals surface area contributed by atoms with Crippen molar-refractivity contribution in [3.8, 4) is 5.75 Å². The maximum absolute atomic E-state index is 9.82. The molecule has 25 heavy (non-hydrogen) atoms. The van der Waals surface area contributed by atoms with Crippen molar-refractivity contribution in [1.29, 1.82) is 10.8 Å². The van der Waals surface area contributed by atoms with Crippen LogP contribution in [-0.4, -0.2) is 29.1 Å². The number of nitrogens with one attached hydrogen (secondary N) is 2. The maximum Gasteiger partial charge on any atom is 0.302 e.